The van der Waals surface area contributed by atoms with Crippen molar-refractivity contribution in [2.45, 2.75) is 114 Å². The highest BCUT2D eigenvalue weighted by molar-refractivity contribution is 6.45. The molecule has 2 saturated carbocycles. The Hall–Kier alpha value is -10.4. The lowest BCUT2D eigenvalue weighted by Gasteiger charge is -2.42. The minimum absolute atomic E-state index is 0.00840. The number of fused-ring (bicyclic) bond motifs is 2. The predicted octanol–water partition coefficient (Wildman–Crippen LogP) is 12.1. The zero-order valence-electron chi connectivity index (χ0n) is 52.9. The molecule has 6 amide bonds. The average Bonchev–Trinajstić information content (AvgIpc) is 0.671. The zero-order valence-corrected chi connectivity index (χ0v) is 52.9. The normalized spacial score (nSPS) is 17.6. The molecule has 0 aromatic heterocycles. The van der Waals surface area contributed by atoms with Gasteiger partial charge in [0.05, 0.1) is 22.3 Å². The molecule has 4 heterocycles. The van der Waals surface area contributed by atoms with E-state index in [9.17, 15) is 19.8 Å². The summed E-state index contributed by atoms with van der Waals surface area (Å²) in [4.78, 5) is 95.2. The van der Waals surface area contributed by atoms with Crippen molar-refractivity contribution in [1.29, 1.82) is 0 Å². The van der Waals surface area contributed by atoms with Crippen molar-refractivity contribution in [1.82, 2.24) is 20.4 Å². The number of ether oxygens (including phenoxy) is 4. The van der Waals surface area contributed by atoms with E-state index in [2.05, 4.69) is 10.6 Å². The van der Waals surface area contributed by atoms with Gasteiger partial charge in [-0.05, 0) is 173 Å². The minimum Gasteiger partial charge on any atom is -0.510 e. The SMILES string of the molecule is NCCc1ccc(Oc2cc3c4c(cc(Oc5ccc(CCN)cc5)c5c6c(Oc7ccc(CCN)cc7)cc7c8c(cc(Oc9ccc(CCN)cc9)c(c2c45)c86)C(=O)N(C2=C(O)CC4(CCCCC4)NC2=O)C7=O)C(=O)N(C2=C(O)CC4(CCCCC4)NC2=O)C3=O)cc1. The first-order chi connectivity index (χ1) is 46.6. The number of rotatable bonds is 18. The summed E-state index contributed by atoms with van der Waals surface area (Å²) in [6, 6.07) is 34.9. The molecule has 2 aliphatic carbocycles. The molecule has 0 radical (unpaired) electrons. The number of benzene rings is 9. The van der Waals surface area contributed by atoms with Crippen LogP contribution in [0.3, 0.4) is 0 Å². The lowest BCUT2D eigenvalue weighted by Crippen LogP contribution is -2.57. The Balaban J connectivity index is 1.09. The Kier molecular flexibility index (Phi) is 15.7. The average molecular weight is 1290 g/mol. The fourth-order valence-corrected chi connectivity index (χ4v) is 15.6. The van der Waals surface area contributed by atoms with Crippen LogP contribution in [0.2, 0.25) is 0 Å². The maximum absolute atomic E-state index is 16.1. The summed E-state index contributed by atoms with van der Waals surface area (Å²) < 4.78 is 28.6. The van der Waals surface area contributed by atoms with E-state index in [1.807, 2.05) is 48.5 Å². The van der Waals surface area contributed by atoms with Gasteiger partial charge in [0.15, 0.2) is 11.4 Å². The first kappa shape index (κ1) is 61.8. The van der Waals surface area contributed by atoms with Gasteiger partial charge in [0, 0.05) is 67.0 Å². The summed E-state index contributed by atoms with van der Waals surface area (Å²) in [5.74, 6) is -4.88. The van der Waals surface area contributed by atoms with E-state index in [4.69, 9.17) is 41.9 Å². The summed E-state index contributed by atoms with van der Waals surface area (Å²) >= 11 is 0. The molecular weight excluding hydrogens is 1220 g/mol. The van der Waals surface area contributed by atoms with Crippen LogP contribution in [-0.2, 0) is 35.3 Å². The second-order valence-corrected chi connectivity index (χ2v) is 26.3. The van der Waals surface area contributed by atoms with Gasteiger partial charge in [-0.1, -0.05) is 87.1 Å². The number of aliphatic hydroxyl groups is 2. The minimum atomic E-state index is -0.942. The smallest absolute Gasteiger partial charge is 0.272 e. The van der Waals surface area contributed by atoms with Crippen LogP contribution in [-0.4, -0.2) is 92.7 Å². The van der Waals surface area contributed by atoms with Gasteiger partial charge >= 0.3 is 0 Å². The lowest BCUT2D eigenvalue weighted by molar-refractivity contribution is -0.123. The number of aliphatic hydroxyl groups excluding tert-OH is 2. The van der Waals surface area contributed by atoms with Gasteiger partial charge in [0.1, 0.15) is 57.5 Å². The third kappa shape index (κ3) is 10.5. The first-order valence-electron chi connectivity index (χ1n) is 33.1. The Labute approximate surface area is 552 Å². The van der Waals surface area contributed by atoms with Crippen molar-refractivity contribution in [2.75, 3.05) is 26.2 Å². The largest absolute Gasteiger partial charge is 0.510 e. The van der Waals surface area contributed by atoms with Crippen LogP contribution in [0.15, 0.2) is 144 Å². The van der Waals surface area contributed by atoms with Crippen molar-refractivity contribution in [3.63, 3.8) is 0 Å². The Morgan fingerprint density at radius 2 is 0.604 bits per heavy atom. The molecule has 2 fully saturated rings. The molecule has 20 heteroatoms. The Morgan fingerprint density at radius 1 is 0.354 bits per heavy atom. The van der Waals surface area contributed by atoms with E-state index < -0.39 is 69.4 Å². The number of nitrogens with one attached hydrogen (secondary N) is 2. The second kappa shape index (κ2) is 24.4. The number of carbonyl (C=O) groups excluding carboxylic acids is 6. The standard InChI is InChI=1S/C76H72N8O12/c77-31-23-41-7-15-45(16-8-41)93-55-35-49-59-50(72(90)83(71(49)89)67-53(85)39-75(81-69(67)87)27-3-1-4-28-75)36-56(94-46-17-9-42(10-18-46)24-32-78)62-64-58(96-48-21-13-44(14-22-48)26-34-80)38-52-60-51(73(91)84(74(52)92)68-54(86)40-76(82-70(68)88)29-5-2-6-30-76)37-57(63(66(60)64)61(55)65(59)62)95-47-19-11-43(12-20-47)25-33-79/h7-22,35-38,85-86H,1-6,23-34,39-40,77-80H2,(H,81,87)(H,82,88). The van der Waals surface area contributed by atoms with E-state index >= 15 is 19.2 Å². The van der Waals surface area contributed by atoms with Gasteiger partial charge in [-0.25, -0.2) is 9.80 Å². The van der Waals surface area contributed by atoms with Gasteiger partial charge in [0.2, 0.25) is 0 Å². The molecule has 9 aromatic carbocycles. The van der Waals surface area contributed by atoms with E-state index in [1.54, 1.807) is 48.5 Å². The molecule has 20 nitrogen and oxygen atoms in total. The molecule has 6 aliphatic rings. The van der Waals surface area contributed by atoms with Crippen LogP contribution < -0.4 is 52.5 Å². The molecule has 0 atom stereocenters. The summed E-state index contributed by atoms with van der Waals surface area (Å²) in [7, 11) is 0. The summed E-state index contributed by atoms with van der Waals surface area (Å²) in [6.07, 6.45) is 9.79. The quantitative estimate of drug-likeness (QED) is 0.0225. The van der Waals surface area contributed by atoms with E-state index in [0.29, 0.717) is 101 Å². The Bertz CT molecular complexity index is 4270. The molecule has 12 N–H and O–H groups in total. The van der Waals surface area contributed by atoms with Crippen molar-refractivity contribution >= 4 is 78.5 Å². The van der Waals surface area contributed by atoms with Gasteiger partial charge in [-0.15, -0.1) is 0 Å². The third-order valence-electron chi connectivity index (χ3n) is 20.0. The van der Waals surface area contributed by atoms with Crippen LogP contribution in [0.25, 0.3) is 43.1 Å². The summed E-state index contributed by atoms with van der Waals surface area (Å²) in [5, 5.41) is 32.1. The molecule has 488 valence electrons. The van der Waals surface area contributed by atoms with E-state index in [1.165, 1.54) is 24.3 Å². The molecule has 4 aliphatic heterocycles. The van der Waals surface area contributed by atoms with Crippen molar-refractivity contribution in [3.8, 4) is 46.0 Å². The second-order valence-electron chi connectivity index (χ2n) is 26.3. The zero-order chi connectivity index (χ0) is 66.3. The number of nitrogens with two attached hydrogens (primary N) is 4. The predicted molar refractivity (Wildman–Crippen MR) is 362 cm³/mol. The van der Waals surface area contributed by atoms with Crippen molar-refractivity contribution < 1.29 is 57.9 Å². The van der Waals surface area contributed by atoms with Gasteiger partial charge in [-0.2, -0.15) is 0 Å². The maximum atomic E-state index is 16.1. The van der Waals surface area contributed by atoms with Crippen LogP contribution >= 0.6 is 0 Å². The highest BCUT2D eigenvalue weighted by Crippen LogP contribution is 2.59. The molecule has 96 heavy (non-hydrogen) atoms. The van der Waals surface area contributed by atoms with E-state index in [-0.39, 0.29) is 101 Å². The molecule has 0 unspecified atom stereocenters. The highest BCUT2D eigenvalue weighted by Gasteiger charge is 2.50. The van der Waals surface area contributed by atoms with Crippen molar-refractivity contribution in [2.24, 2.45) is 22.9 Å². The monoisotopic (exact) mass is 1290 g/mol. The molecular formula is C76H72N8O12. The number of hydrogen-bond donors (Lipinski definition) is 8. The summed E-state index contributed by atoms with van der Waals surface area (Å²) in [5.41, 5.74) is 24.8. The molecule has 0 bridgehead atoms. The van der Waals surface area contributed by atoms with Gasteiger partial charge < -0.3 is 62.7 Å². The van der Waals surface area contributed by atoms with Crippen molar-refractivity contribution in [3.05, 3.63) is 189 Å². The molecule has 9 aromatic rings. The van der Waals surface area contributed by atoms with Gasteiger partial charge in [0.25, 0.3) is 35.4 Å². The fraction of sp³-hybridized carbons (Fsp3) is 0.289. The number of hydrogen-bond acceptors (Lipinski definition) is 16. The summed E-state index contributed by atoms with van der Waals surface area (Å²) in [6.45, 7) is 1.50. The lowest BCUT2D eigenvalue weighted by atomic mass is 9.76. The third-order valence-corrected chi connectivity index (χ3v) is 20.0. The number of nitrogens with zero attached hydrogens (tertiary/aromatic N) is 2. The van der Waals surface area contributed by atoms with E-state index in [0.717, 1.165) is 70.6 Å². The van der Waals surface area contributed by atoms with Crippen LogP contribution in [0, 0.1) is 0 Å². The number of amides is 6. The maximum Gasteiger partial charge on any atom is 0.272 e. The van der Waals surface area contributed by atoms with Crippen LogP contribution in [0.4, 0.5) is 0 Å². The fourth-order valence-electron chi connectivity index (χ4n) is 15.6. The van der Waals surface area contributed by atoms with Crippen LogP contribution in [0.5, 0.6) is 46.0 Å². The number of imide groups is 2. The topological polar surface area (TPSA) is 314 Å². The molecule has 2 spiro atoms. The first-order valence-corrected chi connectivity index (χ1v) is 33.1. The number of carbonyl (C=O) groups is 6. The Morgan fingerprint density at radius 3 is 0.833 bits per heavy atom. The highest BCUT2D eigenvalue weighted by atomic mass is 16.5. The molecule has 15 rings (SSSR count). The van der Waals surface area contributed by atoms with Crippen LogP contribution in [0.1, 0.15) is 141 Å². The van der Waals surface area contributed by atoms with Gasteiger partial charge in [-0.3, -0.25) is 28.8 Å². The molecule has 0 saturated heterocycles.